The fourth-order valence-corrected chi connectivity index (χ4v) is 1.33. The largest absolute Gasteiger partial charge is 0.444 e. The van der Waals surface area contributed by atoms with Gasteiger partial charge in [-0.05, 0) is 32.9 Å². The number of carbonyl (C=O) groups is 1. The van der Waals surface area contributed by atoms with Crippen LogP contribution in [0.2, 0.25) is 0 Å². The lowest BCUT2D eigenvalue weighted by Crippen LogP contribution is -2.34. The third-order valence-electron chi connectivity index (χ3n) is 2.33. The Morgan fingerprint density at radius 1 is 1.33 bits per heavy atom. The molecule has 0 heterocycles. The van der Waals surface area contributed by atoms with Crippen molar-refractivity contribution in [3.8, 4) is 11.8 Å². The minimum Gasteiger partial charge on any atom is -0.444 e. The van der Waals surface area contributed by atoms with Gasteiger partial charge in [-0.1, -0.05) is 11.8 Å². The monoisotopic (exact) mass is 290 g/mol. The fourth-order valence-electron chi connectivity index (χ4n) is 1.33. The molecule has 0 atom stereocenters. The van der Waals surface area contributed by atoms with Gasteiger partial charge in [0, 0.05) is 24.7 Å². The van der Waals surface area contributed by atoms with Crippen molar-refractivity contribution in [2.75, 3.05) is 13.6 Å². The van der Waals surface area contributed by atoms with Gasteiger partial charge in [-0.2, -0.15) is 0 Å². The van der Waals surface area contributed by atoms with Gasteiger partial charge in [0.1, 0.15) is 5.60 Å². The number of benzene rings is 1. The second-order valence-electron chi connectivity index (χ2n) is 5.44. The SMILES string of the molecule is CN(CC#Cc1ccc([N+](=O)[O-])cc1)C(=O)OC(C)(C)C. The summed E-state index contributed by atoms with van der Waals surface area (Å²) < 4.78 is 5.19. The highest BCUT2D eigenvalue weighted by atomic mass is 16.6. The quantitative estimate of drug-likeness (QED) is 0.477. The van der Waals surface area contributed by atoms with E-state index in [4.69, 9.17) is 4.74 Å². The highest BCUT2D eigenvalue weighted by Gasteiger charge is 2.18. The average Bonchev–Trinajstić information content (AvgIpc) is 2.37. The molecule has 0 aromatic heterocycles. The van der Waals surface area contributed by atoms with Gasteiger partial charge in [-0.25, -0.2) is 4.79 Å². The highest BCUT2D eigenvalue weighted by Crippen LogP contribution is 2.11. The van der Waals surface area contributed by atoms with E-state index in [1.807, 2.05) is 0 Å². The first-order chi connectivity index (χ1) is 9.69. The van der Waals surface area contributed by atoms with Crippen LogP contribution in [0, 0.1) is 22.0 Å². The normalized spacial score (nSPS) is 10.3. The maximum atomic E-state index is 11.7. The molecule has 0 spiro atoms. The molecule has 0 aliphatic rings. The molecule has 0 bridgehead atoms. The number of nitro groups is 1. The van der Waals surface area contributed by atoms with Crippen LogP contribution >= 0.6 is 0 Å². The minimum absolute atomic E-state index is 0.0198. The van der Waals surface area contributed by atoms with E-state index in [-0.39, 0.29) is 12.2 Å². The molecule has 6 nitrogen and oxygen atoms in total. The Bertz CT molecular complexity index is 576. The predicted molar refractivity (Wildman–Crippen MR) is 78.8 cm³/mol. The Labute approximate surface area is 123 Å². The molecule has 112 valence electrons. The van der Waals surface area contributed by atoms with Crippen LogP contribution < -0.4 is 0 Å². The van der Waals surface area contributed by atoms with E-state index < -0.39 is 16.6 Å². The molecule has 0 saturated heterocycles. The molecule has 0 unspecified atom stereocenters. The van der Waals surface area contributed by atoms with Crippen molar-refractivity contribution in [2.24, 2.45) is 0 Å². The van der Waals surface area contributed by atoms with E-state index in [9.17, 15) is 14.9 Å². The van der Waals surface area contributed by atoms with Crippen LogP contribution in [-0.4, -0.2) is 35.1 Å². The zero-order valence-corrected chi connectivity index (χ0v) is 12.5. The van der Waals surface area contributed by atoms with Gasteiger partial charge in [0.2, 0.25) is 0 Å². The lowest BCUT2D eigenvalue weighted by atomic mass is 10.2. The molecule has 1 aromatic carbocycles. The molecule has 0 saturated carbocycles. The van der Waals surface area contributed by atoms with E-state index >= 15 is 0 Å². The third kappa shape index (κ3) is 5.95. The molecule has 0 fully saturated rings. The van der Waals surface area contributed by atoms with Crippen LogP contribution in [0.4, 0.5) is 10.5 Å². The van der Waals surface area contributed by atoms with Crippen LogP contribution in [0.1, 0.15) is 26.3 Å². The second-order valence-corrected chi connectivity index (χ2v) is 5.44. The minimum atomic E-state index is -0.545. The number of non-ortho nitro benzene ring substituents is 1. The lowest BCUT2D eigenvalue weighted by molar-refractivity contribution is -0.384. The van der Waals surface area contributed by atoms with Gasteiger partial charge in [0.15, 0.2) is 0 Å². The first-order valence-corrected chi connectivity index (χ1v) is 6.36. The number of carbonyl (C=O) groups excluding carboxylic acids is 1. The summed E-state index contributed by atoms with van der Waals surface area (Å²) in [6, 6.07) is 5.92. The Hall–Kier alpha value is -2.55. The smallest absolute Gasteiger partial charge is 0.410 e. The lowest BCUT2D eigenvalue weighted by Gasteiger charge is -2.23. The summed E-state index contributed by atoms with van der Waals surface area (Å²) in [6.45, 7) is 5.59. The summed E-state index contributed by atoms with van der Waals surface area (Å²) in [5.41, 5.74) is 0.126. The first-order valence-electron chi connectivity index (χ1n) is 6.36. The Morgan fingerprint density at radius 3 is 2.38 bits per heavy atom. The standard InChI is InChI=1S/C15H18N2O4/c1-15(2,3)21-14(18)16(4)11-5-6-12-7-9-13(10-8-12)17(19)20/h7-10H,11H2,1-4H3. The van der Waals surface area contributed by atoms with E-state index in [1.165, 1.54) is 17.0 Å². The summed E-state index contributed by atoms with van der Waals surface area (Å²) in [7, 11) is 1.60. The number of hydrogen-bond donors (Lipinski definition) is 0. The first kappa shape index (κ1) is 16.5. The van der Waals surface area contributed by atoms with E-state index in [0.29, 0.717) is 5.56 Å². The molecule has 1 rings (SSSR count). The van der Waals surface area contributed by atoms with Crippen molar-refractivity contribution in [1.29, 1.82) is 0 Å². The average molecular weight is 290 g/mol. The van der Waals surface area contributed by atoms with Gasteiger partial charge in [0.05, 0.1) is 11.5 Å². The number of rotatable bonds is 2. The number of hydrogen-bond acceptors (Lipinski definition) is 4. The summed E-state index contributed by atoms with van der Waals surface area (Å²) in [5, 5.41) is 10.5. The van der Waals surface area contributed by atoms with Crippen LogP contribution in [0.5, 0.6) is 0 Å². The maximum Gasteiger partial charge on any atom is 0.410 e. The maximum absolute atomic E-state index is 11.7. The zero-order chi connectivity index (χ0) is 16.0. The molecular weight excluding hydrogens is 272 g/mol. The molecule has 0 aliphatic heterocycles. The van der Waals surface area contributed by atoms with Crippen molar-refractivity contribution in [2.45, 2.75) is 26.4 Å². The van der Waals surface area contributed by atoms with Crippen molar-refractivity contribution < 1.29 is 14.5 Å². The predicted octanol–water partition coefficient (Wildman–Crippen LogP) is 2.81. The van der Waals surface area contributed by atoms with Gasteiger partial charge >= 0.3 is 6.09 Å². The summed E-state index contributed by atoms with van der Waals surface area (Å²) in [6.07, 6.45) is -0.444. The van der Waals surface area contributed by atoms with Crippen molar-refractivity contribution in [3.63, 3.8) is 0 Å². The van der Waals surface area contributed by atoms with Crippen molar-refractivity contribution in [3.05, 3.63) is 39.9 Å². The molecule has 0 aliphatic carbocycles. The Balaban J connectivity index is 2.59. The molecule has 6 heteroatoms. The van der Waals surface area contributed by atoms with E-state index in [1.54, 1.807) is 40.0 Å². The summed E-state index contributed by atoms with van der Waals surface area (Å²) in [4.78, 5) is 23.1. The van der Waals surface area contributed by atoms with E-state index in [0.717, 1.165) is 0 Å². The van der Waals surface area contributed by atoms with Gasteiger partial charge in [-0.15, -0.1) is 0 Å². The molecular formula is C15H18N2O4. The third-order valence-corrected chi connectivity index (χ3v) is 2.33. The van der Waals surface area contributed by atoms with Crippen molar-refractivity contribution >= 4 is 11.8 Å². The van der Waals surface area contributed by atoms with Gasteiger partial charge in [0.25, 0.3) is 5.69 Å². The number of ether oxygens (including phenoxy) is 1. The van der Waals surface area contributed by atoms with Gasteiger partial charge in [-0.3, -0.25) is 10.1 Å². The molecule has 1 amide bonds. The Morgan fingerprint density at radius 2 is 1.90 bits per heavy atom. The molecule has 0 radical (unpaired) electrons. The summed E-state index contributed by atoms with van der Waals surface area (Å²) in [5.74, 6) is 5.66. The number of nitrogens with zero attached hydrogens (tertiary/aromatic N) is 2. The second kappa shape index (κ2) is 6.75. The molecule has 21 heavy (non-hydrogen) atoms. The van der Waals surface area contributed by atoms with Crippen molar-refractivity contribution in [1.82, 2.24) is 4.90 Å². The van der Waals surface area contributed by atoms with Crippen LogP contribution in [0.15, 0.2) is 24.3 Å². The Kier molecular flexibility index (Phi) is 5.30. The molecule has 0 N–H and O–H groups in total. The van der Waals surface area contributed by atoms with Crippen LogP contribution in [0.25, 0.3) is 0 Å². The van der Waals surface area contributed by atoms with Crippen LogP contribution in [-0.2, 0) is 4.74 Å². The molecule has 1 aromatic rings. The van der Waals surface area contributed by atoms with Crippen LogP contribution in [0.3, 0.4) is 0 Å². The number of nitro benzene ring substituents is 1. The topological polar surface area (TPSA) is 72.7 Å². The fraction of sp³-hybridized carbons (Fsp3) is 0.400. The summed E-state index contributed by atoms with van der Waals surface area (Å²) >= 11 is 0. The van der Waals surface area contributed by atoms with E-state index in [2.05, 4.69) is 11.8 Å². The highest BCUT2D eigenvalue weighted by molar-refractivity contribution is 5.68. The number of amides is 1. The zero-order valence-electron chi connectivity index (χ0n) is 12.5. The van der Waals surface area contributed by atoms with Gasteiger partial charge < -0.3 is 9.64 Å².